The Hall–Kier alpha value is -3.07. The van der Waals surface area contributed by atoms with Gasteiger partial charge in [0.2, 0.25) is 23.6 Å². The van der Waals surface area contributed by atoms with Gasteiger partial charge in [-0.05, 0) is 25.2 Å². The van der Waals surface area contributed by atoms with Gasteiger partial charge >= 0.3 is 5.97 Å². The van der Waals surface area contributed by atoms with Crippen molar-refractivity contribution < 1.29 is 29.1 Å². The van der Waals surface area contributed by atoms with Crippen molar-refractivity contribution in [3.8, 4) is 0 Å². The minimum absolute atomic E-state index is 0.0907. The first-order valence-electron chi connectivity index (χ1n) is 10.6. The molecule has 0 aromatic heterocycles. The lowest BCUT2D eigenvalue weighted by atomic mass is 10.0. The van der Waals surface area contributed by atoms with E-state index in [1.807, 2.05) is 0 Å². The lowest BCUT2D eigenvalue weighted by molar-refractivity contribution is -0.143. The van der Waals surface area contributed by atoms with Gasteiger partial charge in [0.1, 0.15) is 18.1 Å². The summed E-state index contributed by atoms with van der Waals surface area (Å²) in [7, 11) is 0. The van der Waals surface area contributed by atoms with Crippen LogP contribution in [0.25, 0.3) is 0 Å². The van der Waals surface area contributed by atoms with Gasteiger partial charge in [-0.3, -0.25) is 24.2 Å². The lowest BCUT2D eigenvalue weighted by Crippen LogP contribution is -2.58. The van der Waals surface area contributed by atoms with E-state index >= 15 is 0 Å². The van der Waals surface area contributed by atoms with E-state index in [4.69, 9.17) is 22.9 Å². The third-order valence-electron chi connectivity index (χ3n) is 4.66. The van der Waals surface area contributed by atoms with Crippen LogP contribution in [-0.2, 0) is 24.0 Å². The van der Waals surface area contributed by atoms with E-state index in [0.717, 1.165) is 0 Å². The highest BCUT2D eigenvalue weighted by Crippen LogP contribution is 2.05. The fourth-order valence-electron chi connectivity index (χ4n) is 2.72. The molecule has 0 aliphatic heterocycles. The summed E-state index contributed by atoms with van der Waals surface area (Å²) in [5, 5.41) is 16.5. The first-order chi connectivity index (χ1) is 15.8. The maximum absolute atomic E-state index is 12.8. The third kappa shape index (κ3) is 12.2. The Kier molecular flexibility index (Phi) is 14.3. The number of nitrogens with two attached hydrogens (primary N) is 4. The smallest absolute Gasteiger partial charge is 0.326 e. The van der Waals surface area contributed by atoms with Crippen LogP contribution in [0, 0.1) is 5.92 Å². The number of hydrogen-bond acceptors (Lipinski definition) is 8. The molecule has 0 saturated carbocycles. The first kappa shape index (κ1) is 30.9. The average Bonchev–Trinajstić information content (AvgIpc) is 2.74. The second kappa shape index (κ2) is 15.7. The van der Waals surface area contributed by atoms with Gasteiger partial charge in [-0.1, -0.05) is 13.8 Å². The quantitative estimate of drug-likeness (QED) is 0.0442. The predicted molar refractivity (Wildman–Crippen MR) is 128 cm³/mol. The Morgan fingerprint density at radius 3 is 1.94 bits per heavy atom. The Morgan fingerprint density at radius 1 is 0.912 bits per heavy atom. The van der Waals surface area contributed by atoms with Crippen molar-refractivity contribution in [3.05, 3.63) is 0 Å². The number of hydrogen-bond donors (Lipinski definition) is 9. The number of aliphatic carboxylic acids is 1. The number of carbonyl (C=O) groups is 5. The van der Waals surface area contributed by atoms with Gasteiger partial charge in [-0.2, -0.15) is 12.6 Å². The fourth-order valence-corrected chi connectivity index (χ4v) is 2.98. The molecule has 194 valence electrons. The molecule has 12 N–H and O–H groups in total. The maximum atomic E-state index is 12.8. The van der Waals surface area contributed by atoms with Crippen molar-refractivity contribution in [3.63, 3.8) is 0 Å². The molecule has 0 fully saturated rings. The highest BCUT2D eigenvalue weighted by molar-refractivity contribution is 7.80. The molecule has 34 heavy (non-hydrogen) atoms. The van der Waals surface area contributed by atoms with Crippen molar-refractivity contribution in [2.75, 3.05) is 12.3 Å². The topological polar surface area (TPSA) is 258 Å². The minimum atomic E-state index is -1.23. The average molecular weight is 505 g/mol. The monoisotopic (exact) mass is 504 g/mol. The molecule has 0 aliphatic rings. The van der Waals surface area contributed by atoms with Gasteiger partial charge in [-0.25, -0.2) is 4.79 Å². The minimum Gasteiger partial charge on any atom is -0.480 e. The Labute approximate surface area is 203 Å². The summed E-state index contributed by atoms with van der Waals surface area (Å²) in [6.45, 7) is 3.49. The van der Waals surface area contributed by atoms with Crippen molar-refractivity contribution in [2.24, 2.45) is 33.8 Å². The van der Waals surface area contributed by atoms with Gasteiger partial charge in [0.25, 0.3) is 0 Å². The van der Waals surface area contributed by atoms with Crippen LogP contribution in [-0.4, -0.2) is 77.1 Å². The zero-order valence-electron chi connectivity index (χ0n) is 19.3. The third-order valence-corrected chi connectivity index (χ3v) is 5.03. The van der Waals surface area contributed by atoms with Crippen molar-refractivity contribution in [1.29, 1.82) is 0 Å². The van der Waals surface area contributed by atoms with Crippen LogP contribution in [0.15, 0.2) is 4.99 Å². The number of carboxylic acids is 1. The molecule has 4 amide bonds. The van der Waals surface area contributed by atoms with Crippen molar-refractivity contribution in [1.82, 2.24) is 16.0 Å². The number of amides is 4. The van der Waals surface area contributed by atoms with Gasteiger partial charge in [-0.15, -0.1) is 0 Å². The highest BCUT2D eigenvalue weighted by atomic mass is 32.1. The number of primary amides is 1. The molecule has 4 unspecified atom stereocenters. The molecule has 0 rings (SSSR count). The largest absolute Gasteiger partial charge is 0.480 e. The zero-order chi connectivity index (χ0) is 26.4. The number of carbonyl (C=O) groups excluding carboxylic acids is 4. The van der Waals surface area contributed by atoms with Crippen molar-refractivity contribution >= 4 is 48.2 Å². The van der Waals surface area contributed by atoms with Gasteiger partial charge in [0, 0.05) is 18.7 Å². The Bertz CT molecular complexity index is 759. The summed E-state index contributed by atoms with van der Waals surface area (Å²) in [6.07, 6.45) is 0.274. The normalized spacial score (nSPS) is 14.3. The number of carboxylic acid groups (broad SMARTS) is 1. The van der Waals surface area contributed by atoms with Crippen LogP contribution < -0.4 is 38.9 Å². The molecule has 0 aromatic carbocycles. The number of nitrogens with zero attached hydrogens (tertiary/aromatic N) is 1. The van der Waals surface area contributed by atoms with E-state index in [1.165, 1.54) is 0 Å². The second-order valence-electron chi connectivity index (χ2n) is 7.93. The predicted octanol–water partition coefficient (Wildman–Crippen LogP) is -3.24. The van der Waals surface area contributed by atoms with Crippen molar-refractivity contribution in [2.45, 2.75) is 63.7 Å². The maximum Gasteiger partial charge on any atom is 0.326 e. The van der Waals surface area contributed by atoms with E-state index in [2.05, 4.69) is 33.6 Å². The van der Waals surface area contributed by atoms with Crippen LogP contribution in [0.3, 0.4) is 0 Å². The molecule has 15 heteroatoms. The van der Waals surface area contributed by atoms with Gasteiger partial charge in [0.15, 0.2) is 5.96 Å². The summed E-state index contributed by atoms with van der Waals surface area (Å²) in [4.78, 5) is 64.0. The molecule has 0 saturated heterocycles. The summed E-state index contributed by atoms with van der Waals surface area (Å²) in [5.41, 5.74) is 21.5. The van der Waals surface area contributed by atoms with Crippen LogP contribution in [0.5, 0.6) is 0 Å². The zero-order valence-corrected chi connectivity index (χ0v) is 20.2. The summed E-state index contributed by atoms with van der Waals surface area (Å²) < 4.78 is 0. The van der Waals surface area contributed by atoms with Crippen LogP contribution in [0.4, 0.5) is 0 Å². The van der Waals surface area contributed by atoms with Crippen LogP contribution in [0.2, 0.25) is 0 Å². The Balaban J connectivity index is 5.23. The van der Waals surface area contributed by atoms with E-state index in [0.29, 0.717) is 6.42 Å². The fraction of sp³-hybridized carbons (Fsp3) is 0.684. The summed E-state index contributed by atoms with van der Waals surface area (Å²) >= 11 is 4.04. The molecule has 4 atom stereocenters. The van der Waals surface area contributed by atoms with E-state index < -0.39 is 59.7 Å². The lowest BCUT2D eigenvalue weighted by Gasteiger charge is -2.25. The van der Waals surface area contributed by atoms with Crippen LogP contribution in [0.1, 0.15) is 39.5 Å². The molecule has 0 spiro atoms. The molecule has 0 aliphatic carbocycles. The molecule has 0 radical (unpaired) electrons. The highest BCUT2D eigenvalue weighted by Gasteiger charge is 2.30. The van der Waals surface area contributed by atoms with Crippen LogP contribution >= 0.6 is 12.6 Å². The number of guanidine groups is 1. The molecule has 0 aromatic rings. The SMILES string of the molecule is CC(C)C(NC(=O)C(CS)NC(=O)C(CCC(N)=O)NC(=O)C(N)CCCN=C(N)N)C(=O)O. The number of thiol groups is 1. The van der Waals surface area contributed by atoms with E-state index in [9.17, 15) is 29.1 Å². The summed E-state index contributed by atoms with van der Waals surface area (Å²) in [6, 6.07) is -4.57. The molecule has 0 bridgehead atoms. The second-order valence-corrected chi connectivity index (χ2v) is 8.30. The Morgan fingerprint density at radius 2 is 1.47 bits per heavy atom. The molecule has 14 nitrogen and oxygen atoms in total. The van der Waals surface area contributed by atoms with E-state index in [1.54, 1.807) is 13.8 Å². The number of nitrogens with one attached hydrogen (secondary N) is 3. The molecular formula is C19H36N8O6S. The van der Waals surface area contributed by atoms with Gasteiger partial charge in [0.05, 0.1) is 6.04 Å². The molecular weight excluding hydrogens is 468 g/mol. The standard InChI is InChI=1S/C19H36N8O6S/c1-9(2)14(18(32)33)27-17(31)12(8-34)26-16(30)11(5-6-13(21)28)25-15(29)10(20)4-3-7-24-19(22)23/h9-12,14,34H,3-8,20H2,1-2H3,(H2,21,28)(H,25,29)(H,26,30)(H,27,31)(H,32,33)(H4,22,23,24). The molecule has 0 heterocycles. The van der Waals surface area contributed by atoms with E-state index in [-0.39, 0.29) is 37.5 Å². The first-order valence-corrected chi connectivity index (χ1v) is 11.3. The van der Waals surface area contributed by atoms with Gasteiger partial charge < -0.3 is 44.0 Å². The summed E-state index contributed by atoms with van der Waals surface area (Å²) in [5.74, 6) is -4.78. The number of rotatable bonds is 16. The number of aliphatic imine (C=N–C) groups is 1.